The molecule has 0 saturated carbocycles. The van der Waals surface area contributed by atoms with Crippen molar-refractivity contribution in [2.45, 2.75) is 0 Å². The topological polar surface area (TPSA) is 17.1 Å². The van der Waals surface area contributed by atoms with Crippen molar-refractivity contribution in [1.29, 1.82) is 0 Å². The van der Waals surface area contributed by atoms with Crippen molar-refractivity contribution in [2.24, 2.45) is 0 Å². The SMILES string of the molecule is O=P(c1ccccc1)(c1ccccc1)c1ccc(-c2c3ccccc3c(-c3ccccc3-c3ccccc3)c3ccccc23)cc1. The van der Waals surface area contributed by atoms with Crippen LogP contribution in [0.15, 0.2) is 188 Å². The first kappa shape index (κ1) is 28.0. The van der Waals surface area contributed by atoms with Crippen LogP contribution in [0.2, 0.25) is 0 Å². The highest BCUT2D eigenvalue weighted by atomic mass is 31.2. The van der Waals surface area contributed by atoms with Gasteiger partial charge in [0.05, 0.1) is 0 Å². The van der Waals surface area contributed by atoms with Crippen LogP contribution in [0.4, 0.5) is 0 Å². The van der Waals surface area contributed by atoms with Gasteiger partial charge < -0.3 is 4.57 Å². The molecule has 0 aliphatic heterocycles. The summed E-state index contributed by atoms with van der Waals surface area (Å²) in [6.07, 6.45) is 0. The molecule has 0 atom stereocenters. The van der Waals surface area contributed by atoms with E-state index in [0.29, 0.717) is 0 Å². The van der Waals surface area contributed by atoms with Crippen LogP contribution in [0.1, 0.15) is 0 Å². The maximum absolute atomic E-state index is 15.0. The number of fused-ring (bicyclic) bond motifs is 2. The third-order valence-corrected chi connectivity index (χ3v) is 12.0. The summed E-state index contributed by atoms with van der Waals surface area (Å²) in [4.78, 5) is 0. The van der Waals surface area contributed by atoms with Crippen LogP contribution in [-0.2, 0) is 4.57 Å². The van der Waals surface area contributed by atoms with Crippen molar-refractivity contribution < 1.29 is 4.57 Å². The predicted octanol–water partition coefficient (Wildman–Crippen LogP) is 10.6. The highest BCUT2D eigenvalue weighted by molar-refractivity contribution is 7.85. The van der Waals surface area contributed by atoms with E-state index in [1.54, 1.807) is 0 Å². The third-order valence-electron chi connectivity index (χ3n) is 8.97. The van der Waals surface area contributed by atoms with Crippen LogP contribution in [0.25, 0.3) is 54.9 Å². The second-order valence-electron chi connectivity index (χ2n) is 11.6. The van der Waals surface area contributed by atoms with Gasteiger partial charge in [0.2, 0.25) is 0 Å². The largest absolute Gasteiger partial charge is 0.309 e. The molecule has 0 radical (unpaired) electrons. The van der Waals surface area contributed by atoms with E-state index >= 15 is 4.57 Å². The van der Waals surface area contributed by atoms with E-state index in [2.05, 4.69) is 127 Å². The van der Waals surface area contributed by atoms with Crippen LogP contribution >= 0.6 is 7.14 Å². The molecule has 8 aromatic rings. The lowest BCUT2D eigenvalue weighted by molar-refractivity contribution is 0.592. The minimum atomic E-state index is -3.07. The van der Waals surface area contributed by atoms with Crippen LogP contribution < -0.4 is 15.9 Å². The Labute approximate surface area is 269 Å². The molecule has 0 saturated heterocycles. The lowest BCUT2D eigenvalue weighted by atomic mass is 9.84. The van der Waals surface area contributed by atoms with Crippen molar-refractivity contribution in [1.82, 2.24) is 0 Å². The third kappa shape index (κ3) is 4.69. The van der Waals surface area contributed by atoms with Crippen molar-refractivity contribution in [3.63, 3.8) is 0 Å². The molecule has 0 aromatic heterocycles. The van der Waals surface area contributed by atoms with E-state index in [-0.39, 0.29) is 0 Å². The lowest BCUT2D eigenvalue weighted by Crippen LogP contribution is -2.24. The average molecular weight is 607 g/mol. The molecule has 0 amide bonds. The maximum atomic E-state index is 15.0. The number of rotatable bonds is 6. The first-order valence-corrected chi connectivity index (χ1v) is 17.3. The van der Waals surface area contributed by atoms with E-state index in [1.807, 2.05) is 60.7 Å². The fourth-order valence-electron chi connectivity index (χ4n) is 6.86. The van der Waals surface area contributed by atoms with E-state index in [0.717, 1.165) is 21.5 Å². The van der Waals surface area contributed by atoms with E-state index in [1.165, 1.54) is 49.4 Å². The molecule has 46 heavy (non-hydrogen) atoms. The van der Waals surface area contributed by atoms with Gasteiger partial charge in [0.25, 0.3) is 0 Å². The molecule has 0 heterocycles. The van der Waals surface area contributed by atoms with Gasteiger partial charge in [-0.05, 0) is 54.9 Å². The number of hydrogen-bond acceptors (Lipinski definition) is 1. The molecule has 0 N–H and O–H groups in total. The Morgan fingerprint density at radius 2 is 0.652 bits per heavy atom. The quantitative estimate of drug-likeness (QED) is 0.136. The highest BCUT2D eigenvalue weighted by Crippen LogP contribution is 2.47. The smallest absolute Gasteiger partial charge is 0.171 e. The van der Waals surface area contributed by atoms with Crippen molar-refractivity contribution in [3.8, 4) is 33.4 Å². The lowest BCUT2D eigenvalue weighted by Gasteiger charge is -2.21. The van der Waals surface area contributed by atoms with E-state index < -0.39 is 7.14 Å². The molecule has 2 heteroatoms. The molecule has 0 spiro atoms. The summed E-state index contributed by atoms with van der Waals surface area (Å²) in [5, 5.41) is 7.32. The summed E-state index contributed by atoms with van der Waals surface area (Å²) in [6.45, 7) is 0. The van der Waals surface area contributed by atoms with Gasteiger partial charge in [-0.2, -0.15) is 0 Å². The van der Waals surface area contributed by atoms with Gasteiger partial charge in [0, 0.05) is 15.9 Å². The highest BCUT2D eigenvalue weighted by Gasteiger charge is 2.29. The zero-order valence-corrected chi connectivity index (χ0v) is 26.1. The van der Waals surface area contributed by atoms with Crippen LogP contribution in [0, 0.1) is 0 Å². The molecule has 0 fully saturated rings. The molecular weight excluding hydrogens is 575 g/mol. The molecule has 218 valence electrons. The van der Waals surface area contributed by atoms with E-state index in [9.17, 15) is 0 Å². The summed E-state index contributed by atoms with van der Waals surface area (Å²) < 4.78 is 15.0. The molecule has 0 aliphatic carbocycles. The maximum Gasteiger partial charge on any atom is 0.171 e. The Morgan fingerprint density at radius 3 is 1.15 bits per heavy atom. The van der Waals surface area contributed by atoms with Gasteiger partial charge in [0.15, 0.2) is 7.14 Å². The van der Waals surface area contributed by atoms with Crippen molar-refractivity contribution in [3.05, 3.63) is 188 Å². The normalized spacial score (nSPS) is 11.6. The summed E-state index contributed by atoms with van der Waals surface area (Å²) in [5.41, 5.74) is 7.17. The summed E-state index contributed by atoms with van der Waals surface area (Å²) in [6, 6.07) is 65.0. The Morgan fingerprint density at radius 1 is 0.283 bits per heavy atom. The van der Waals surface area contributed by atoms with Gasteiger partial charge in [-0.3, -0.25) is 0 Å². The van der Waals surface area contributed by atoms with Gasteiger partial charge in [-0.1, -0.05) is 188 Å². The Bertz CT molecular complexity index is 2260. The molecule has 0 bridgehead atoms. The molecule has 0 unspecified atom stereocenters. The molecule has 8 aromatic carbocycles. The fraction of sp³-hybridized carbons (Fsp3) is 0. The molecule has 1 nitrogen and oxygen atoms in total. The zero-order valence-electron chi connectivity index (χ0n) is 25.3. The second-order valence-corrected chi connectivity index (χ2v) is 14.3. The zero-order chi connectivity index (χ0) is 30.9. The Kier molecular flexibility index (Phi) is 7.18. The Hall–Kier alpha value is -5.49. The second kappa shape index (κ2) is 11.8. The van der Waals surface area contributed by atoms with Crippen LogP contribution in [-0.4, -0.2) is 0 Å². The monoisotopic (exact) mass is 606 g/mol. The predicted molar refractivity (Wildman–Crippen MR) is 197 cm³/mol. The minimum absolute atomic E-state index is 0.829. The standard InChI is InChI=1S/C44H31OP/c45-46(34-18-6-2-7-19-34,35-20-8-3-9-21-35)36-30-28-33(29-31-36)43-39-24-12-14-26-41(39)44(42-27-15-13-25-40(42)43)38-23-11-10-22-37(38)32-16-4-1-5-17-32/h1-31H. The van der Waals surface area contributed by atoms with Gasteiger partial charge in [0.1, 0.15) is 0 Å². The first-order chi connectivity index (χ1) is 22.7. The van der Waals surface area contributed by atoms with Crippen molar-refractivity contribution >= 4 is 44.6 Å². The van der Waals surface area contributed by atoms with Crippen LogP contribution in [0.5, 0.6) is 0 Å². The molecular formula is C44H31OP. The van der Waals surface area contributed by atoms with Gasteiger partial charge >= 0.3 is 0 Å². The molecule has 0 aliphatic rings. The molecule has 8 rings (SSSR count). The fourth-order valence-corrected chi connectivity index (χ4v) is 9.51. The summed E-state index contributed by atoms with van der Waals surface area (Å²) >= 11 is 0. The Balaban J connectivity index is 1.35. The van der Waals surface area contributed by atoms with Gasteiger partial charge in [-0.15, -0.1) is 0 Å². The summed E-state index contributed by atoms with van der Waals surface area (Å²) in [7, 11) is -3.07. The summed E-state index contributed by atoms with van der Waals surface area (Å²) in [5.74, 6) is 0. The number of hydrogen-bond donors (Lipinski definition) is 0. The number of benzene rings is 8. The average Bonchev–Trinajstić information content (AvgIpc) is 3.14. The minimum Gasteiger partial charge on any atom is -0.309 e. The van der Waals surface area contributed by atoms with Crippen molar-refractivity contribution in [2.75, 3.05) is 0 Å². The van der Waals surface area contributed by atoms with E-state index in [4.69, 9.17) is 0 Å². The van der Waals surface area contributed by atoms with Gasteiger partial charge in [-0.25, -0.2) is 0 Å². The first-order valence-electron chi connectivity index (χ1n) is 15.6. The van der Waals surface area contributed by atoms with Crippen LogP contribution in [0.3, 0.4) is 0 Å².